The van der Waals surface area contributed by atoms with Gasteiger partial charge in [-0.15, -0.1) is 0 Å². The quantitative estimate of drug-likeness (QED) is 0.0271. The average Bonchev–Trinajstić information content (AvgIpc) is 3.23. The van der Waals surface area contributed by atoms with Crippen LogP contribution in [0.1, 0.15) is 168 Å². The number of hydrogen-bond acceptors (Lipinski definition) is 10. The molecule has 1 heterocycles. The van der Waals surface area contributed by atoms with Crippen molar-refractivity contribution in [3.8, 4) is 0 Å². The fourth-order valence-corrected chi connectivity index (χ4v) is 6.51. The third-order valence-electron chi connectivity index (χ3n) is 10.1. The lowest BCUT2D eigenvalue weighted by atomic mass is 9.99. The Labute approximate surface area is 357 Å². The summed E-state index contributed by atoms with van der Waals surface area (Å²) < 4.78 is 22.1. The number of carbonyl (C=O) groups excluding carboxylic acids is 2. The van der Waals surface area contributed by atoms with Crippen LogP contribution in [0.15, 0.2) is 72.9 Å². The van der Waals surface area contributed by atoms with E-state index in [1.165, 1.54) is 70.6 Å². The maximum atomic E-state index is 12.7. The third kappa shape index (κ3) is 30.8. The highest BCUT2D eigenvalue weighted by atomic mass is 16.7. The molecule has 10 heteroatoms. The minimum Gasteiger partial charge on any atom is -0.462 e. The van der Waals surface area contributed by atoms with Crippen molar-refractivity contribution in [3.63, 3.8) is 0 Å². The van der Waals surface area contributed by atoms with Crippen LogP contribution in [0.5, 0.6) is 0 Å². The molecule has 6 atom stereocenters. The molecule has 1 aliphatic rings. The highest BCUT2D eigenvalue weighted by Crippen LogP contribution is 2.22. The summed E-state index contributed by atoms with van der Waals surface area (Å²) in [6.07, 6.45) is 42.0. The molecule has 4 N–H and O–H groups in total. The zero-order valence-corrected chi connectivity index (χ0v) is 36.7. The number of unbranched alkanes of at least 4 members (excludes halogenated alkanes) is 14. The number of allylic oxidation sites excluding steroid dienone is 12. The van der Waals surface area contributed by atoms with Gasteiger partial charge in [0, 0.05) is 12.8 Å². The predicted octanol–water partition coefficient (Wildman–Crippen LogP) is 10.00. The molecule has 1 aliphatic heterocycles. The third-order valence-corrected chi connectivity index (χ3v) is 10.1. The smallest absolute Gasteiger partial charge is 0.306 e. The van der Waals surface area contributed by atoms with Gasteiger partial charge in [0.2, 0.25) is 0 Å². The van der Waals surface area contributed by atoms with Gasteiger partial charge in [0.25, 0.3) is 0 Å². The molecular weight excluding hydrogens is 749 g/mol. The molecule has 2 unspecified atom stereocenters. The Morgan fingerprint density at radius 1 is 0.542 bits per heavy atom. The van der Waals surface area contributed by atoms with E-state index in [1.54, 1.807) is 0 Å². The van der Waals surface area contributed by atoms with E-state index in [0.717, 1.165) is 57.8 Å². The maximum absolute atomic E-state index is 12.7. The minimum absolute atomic E-state index is 0.103. The molecule has 338 valence electrons. The molecular formula is C49H82O10. The molecule has 1 saturated heterocycles. The van der Waals surface area contributed by atoms with E-state index >= 15 is 0 Å². The summed E-state index contributed by atoms with van der Waals surface area (Å²) in [5, 5.41) is 40.1. The van der Waals surface area contributed by atoms with Gasteiger partial charge in [-0.25, -0.2) is 0 Å². The topological polar surface area (TPSA) is 152 Å². The van der Waals surface area contributed by atoms with Crippen LogP contribution in [-0.2, 0) is 28.5 Å². The lowest BCUT2D eigenvalue weighted by molar-refractivity contribution is -0.305. The van der Waals surface area contributed by atoms with Crippen LogP contribution in [0.3, 0.4) is 0 Å². The summed E-state index contributed by atoms with van der Waals surface area (Å²) in [5.41, 5.74) is 0. The Balaban J connectivity index is 2.38. The van der Waals surface area contributed by atoms with Crippen LogP contribution < -0.4 is 0 Å². The average molecular weight is 831 g/mol. The number of ether oxygens (including phenoxy) is 4. The Bertz CT molecular complexity index is 1190. The molecule has 0 bridgehead atoms. The number of esters is 2. The SMILES string of the molecule is CC/C=C/C/C=C/C/C=C/C/C=C/C/C=C/C/C=C/CCC(=O)O[C@H](COC(=O)CCCCCCCCCCCCCCCCC)CO[C@@H]1O[C@H](CO)[C@H](O)C(O)C1O. The molecule has 1 rings (SSSR count). The molecule has 0 saturated carbocycles. The highest BCUT2D eigenvalue weighted by molar-refractivity contribution is 5.70. The Hall–Kier alpha value is -2.86. The second-order valence-electron chi connectivity index (χ2n) is 15.5. The largest absolute Gasteiger partial charge is 0.462 e. The minimum atomic E-state index is -1.61. The van der Waals surface area contributed by atoms with Crippen LogP contribution in [0.2, 0.25) is 0 Å². The normalized spacial score (nSPS) is 20.7. The number of hydrogen-bond donors (Lipinski definition) is 4. The van der Waals surface area contributed by atoms with Crippen molar-refractivity contribution >= 4 is 11.9 Å². The van der Waals surface area contributed by atoms with Gasteiger partial charge in [0.1, 0.15) is 31.0 Å². The van der Waals surface area contributed by atoms with Gasteiger partial charge in [-0.2, -0.15) is 0 Å². The van der Waals surface area contributed by atoms with Gasteiger partial charge in [0.05, 0.1) is 13.2 Å². The zero-order valence-electron chi connectivity index (χ0n) is 36.7. The summed E-state index contributed by atoms with van der Waals surface area (Å²) in [6.45, 7) is 3.23. The van der Waals surface area contributed by atoms with Gasteiger partial charge in [-0.05, 0) is 51.4 Å². The van der Waals surface area contributed by atoms with E-state index in [2.05, 4.69) is 74.6 Å². The Kier molecular flexibility index (Phi) is 36.1. The predicted molar refractivity (Wildman–Crippen MR) is 238 cm³/mol. The van der Waals surface area contributed by atoms with E-state index < -0.39 is 55.4 Å². The van der Waals surface area contributed by atoms with E-state index in [1.807, 2.05) is 12.2 Å². The van der Waals surface area contributed by atoms with Gasteiger partial charge in [0.15, 0.2) is 12.4 Å². The second kappa shape index (κ2) is 39.3. The van der Waals surface area contributed by atoms with Crippen molar-refractivity contribution in [3.05, 3.63) is 72.9 Å². The first-order valence-corrected chi connectivity index (χ1v) is 23.0. The van der Waals surface area contributed by atoms with Crippen molar-refractivity contribution in [1.29, 1.82) is 0 Å². The second-order valence-corrected chi connectivity index (χ2v) is 15.5. The molecule has 10 nitrogen and oxygen atoms in total. The van der Waals surface area contributed by atoms with Crippen LogP contribution in [-0.4, -0.2) is 89.0 Å². The summed E-state index contributed by atoms with van der Waals surface area (Å²) in [5.74, 6) is -0.906. The molecule has 1 fully saturated rings. The number of aliphatic hydroxyl groups excluding tert-OH is 4. The van der Waals surface area contributed by atoms with Crippen molar-refractivity contribution in [2.24, 2.45) is 0 Å². The summed E-state index contributed by atoms with van der Waals surface area (Å²) in [6, 6.07) is 0. The van der Waals surface area contributed by atoms with E-state index in [4.69, 9.17) is 18.9 Å². The molecule has 0 radical (unpaired) electrons. The first-order valence-electron chi connectivity index (χ1n) is 23.0. The van der Waals surface area contributed by atoms with Crippen molar-refractivity contribution < 1.29 is 49.0 Å². The van der Waals surface area contributed by atoms with Crippen molar-refractivity contribution in [2.45, 2.75) is 205 Å². The van der Waals surface area contributed by atoms with Gasteiger partial charge in [-0.1, -0.05) is 177 Å². The maximum Gasteiger partial charge on any atom is 0.306 e. The van der Waals surface area contributed by atoms with E-state index in [0.29, 0.717) is 12.8 Å². The summed E-state index contributed by atoms with van der Waals surface area (Å²) in [7, 11) is 0. The molecule has 59 heavy (non-hydrogen) atoms. The Morgan fingerprint density at radius 2 is 1.00 bits per heavy atom. The van der Waals surface area contributed by atoms with Gasteiger partial charge in [-0.3, -0.25) is 9.59 Å². The number of carbonyl (C=O) groups is 2. The van der Waals surface area contributed by atoms with Crippen LogP contribution in [0.25, 0.3) is 0 Å². The van der Waals surface area contributed by atoms with Gasteiger partial charge < -0.3 is 39.4 Å². The molecule has 0 aromatic rings. The van der Waals surface area contributed by atoms with E-state index in [9.17, 15) is 30.0 Å². The highest BCUT2D eigenvalue weighted by Gasteiger charge is 2.44. The standard InChI is InChI=1S/C49H82O10/c1-3-5-7-9-11-13-15-17-19-20-21-22-24-26-28-30-32-34-36-38-45(52)58-42(41-57-49-48(55)47(54)46(53)43(39-50)59-49)40-56-44(51)37-35-33-31-29-27-25-23-18-16-14-12-10-8-6-4-2/h5,7,11,13,17,19,21-22,26,28,32,34,42-43,46-50,53-55H,3-4,6,8-10,12,14-16,18,20,23-25,27,29-31,33,35-41H2,1-2H3/b7-5+,13-11+,19-17+,22-21+,28-26+,34-32+/t42-,43-,46+,47?,48?,49-/m1/s1. The van der Waals surface area contributed by atoms with Crippen LogP contribution in [0.4, 0.5) is 0 Å². The van der Waals surface area contributed by atoms with Crippen LogP contribution >= 0.6 is 0 Å². The summed E-state index contributed by atoms with van der Waals surface area (Å²) in [4.78, 5) is 25.3. The lowest BCUT2D eigenvalue weighted by Gasteiger charge is -2.39. The van der Waals surface area contributed by atoms with Crippen molar-refractivity contribution in [2.75, 3.05) is 19.8 Å². The monoisotopic (exact) mass is 831 g/mol. The molecule has 0 spiro atoms. The Morgan fingerprint density at radius 3 is 1.47 bits per heavy atom. The van der Waals surface area contributed by atoms with Gasteiger partial charge >= 0.3 is 11.9 Å². The number of rotatable bonds is 37. The molecule has 0 aliphatic carbocycles. The van der Waals surface area contributed by atoms with Crippen molar-refractivity contribution in [1.82, 2.24) is 0 Å². The fraction of sp³-hybridized carbons (Fsp3) is 0.714. The fourth-order valence-electron chi connectivity index (χ4n) is 6.51. The first kappa shape index (κ1) is 54.2. The zero-order chi connectivity index (χ0) is 43.0. The first-order chi connectivity index (χ1) is 28.8. The van der Waals surface area contributed by atoms with E-state index in [-0.39, 0.29) is 26.1 Å². The number of aliphatic hydroxyl groups is 4. The lowest BCUT2D eigenvalue weighted by Crippen LogP contribution is -2.59. The summed E-state index contributed by atoms with van der Waals surface area (Å²) >= 11 is 0. The molecule has 0 amide bonds. The molecule has 0 aromatic carbocycles. The van der Waals surface area contributed by atoms with Crippen LogP contribution in [0, 0.1) is 0 Å². The molecule has 0 aromatic heterocycles.